The number of carbonyl (C=O) groups is 1. The van der Waals surface area contributed by atoms with E-state index >= 15 is 0 Å². The molecule has 0 spiro atoms. The summed E-state index contributed by atoms with van der Waals surface area (Å²) < 4.78 is 0. The predicted molar refractivity (Wildman–Crippen MR) is 51.7 cm³/mol. The van der Waals surface area contributed by atoms with Gasteiger partial charge in [-0.2, -0.15) is 4.99 Å². The van der Waals surface area contributed by atoms with Gasteiger partial charge in [-0.3, -0.25) is 4.79 Å². The monoisotopic (exact) mass is 187 g/mol. The fourth-order valence-corrected chi connectivity index (χ4v) is 0.842. The van der Waals surface area contributed by atoms with Gasteiger partial charge in [-0.05, 0) is 19.4 Å². The molecule has 0 rings (SSSR count). The zero-order valence-corrected chi connectivity index (χ0v) is 7.57. The number of nitrogens with two attached hydrogens (primary N) is 4. The summed E-state index contributed by atoms with van der Waals surface area (Å²) in [4.78, 5) is 14.4. The van der Waals surface area contributed by atoms with Crippen LogP contribution in [0, 0.1) is 0 Å². The minimum Gasteiger partial charge on any atom is -0.370 e. The SMILES string of the molecule is NCCCC[C@H](N)C(=O)N=C(N)N. The van der Waals surface area contributed by atoms with Gasteiger partial charge in [0.15, 0.2) is 5.96 Å². The highest BCUT2D eigenvalue weighted by Gasteiger charge is 2.11. The Morgan fingerprint density at radius 1 is 1.31 bits per heavy atom. The molecule has 0 aromatic heterocycles. The van der Waals surface area contributed by atoms with Gasteiger partial charge >= 0.3 is 0 Å². The van der Waals surface area contributed by atoms with E-state index in [1.807, 2.05) is 0 Å². The summed E-state index contributed by atoms with van der Waals surface area (Å²) in [5, 5.41) is 0. The lowest BCUT2D eigenvalue weighted by Gasteiger charge is -2.05. The molecule has 1 atom stereocenters. The molecule has 0 aromatic rings. The van der Waals surface area contributed by atoms with Gasteiger partial charge in [0.05, 0.1) is 6.04 Å². The molecule has 1 amide bonds. The number of aliphatic imine (C=N–C) groups is 1. The quantitative estimate of drug-likeness (QED) is 0.230. The van der Waals surface area contributed by atoms with Crippen molar-refractivity contribution in [2.24, 2.45) is 27.9 Å². The second kappa shape index (κ2) is 6.38. The van der Waals surface area contributed by atoms with Crippen molar-refractivity contribution in [3.8, 4) is 0 Å². The summed E-state index contributed by atoms with van der Waals surface area (Å²) in [7, 11) is 0. The lowest BCUT2D eigenvalue weighted by atomic mass is 10.1. The van der Waals surface area contributed by atoms with Crippen molar-refractivity contribution >= 4 is 11.9 Å². The Balaban J connectivity index is 3.76. The van der Waals surface area contributed by atoms with Gasteiger partial charge in [0.1, 0.15) is 0 Å². The minimum atomic E-state index is -0.617. The van der Waals surface area contributed by atoms with Crippen molar-refractivity contribution in [2.75, 3.05) is 6.54 Å². The molecule has 0 saturated heterocycles. The van der Waals surface area contributed by atoms with E-state index in [1.54, 1.807) is 0 Å². The van der Waals surface area contributed by atoms with Crippen LogP contribution in [-0.4, -0.2) is 24.5 Å². The molecule has 0 fully saturated rings. The summed E-state index contributed by atoms with van der Waals surface area (Å²) in [6.45, 7) is 0.600. The van der Waals surface area contributed by atoms with Crippen molar-refractivity contribution in [1.82, 2.24) is 0 Å². The topological polar surface area (TPSA) is 134 Å². The predicted octanol–water partition coefficient (Wildman–Crippen LogP) is -1.76. The van der Waals surface area contributed by atoms with Crippen molar-refractivity contribution in [3.05, 3.63) is 0 Å². The third kappa shape index (κ3) is 6.06. The van der Waals surface area contributed by atoms with Gasteiger partial charge in [0.2, 0.25) is 0 Å². The summed E-state index contributed by atoms with van der Waals surface area (Å²) in [5.74, 6) is -0.726. The zero-order chi connectivity index (χ0) is 10.3. The molecule has 76 valence electrons. The molecule has 0 saturated carbocycles. The maximum atomic E-state index is 11.0. The third-order valence-electron chi connectivity index (χ3n) is 1.53. The van der Waals surface area contributed by atoms with Crippen LogP contribution in [0.3, 0.4) is 0 Å². The van der Waals surface area contributed by atoms with Gasteiger partial charge in [-0.25, -0.2) is 0 Å². The third-order valence-corrected chi connectivity index (χ3v) is 1.53. The molecule has 13 heavy (non-hydrogen) atoms. The molecular weight excluding hydrogens is 170 g/mol. The molecule has 0 heterocycles. The van der Waals surface area contributed by atoms with E-state index in [9.17, 15) is 4.79 Å². The molecule has 0 bridgehead atoms. The second-order valence-corrected chi connectivity index (χ2v) is 2.77. The molecule has 8 N–H and O–H groups in total. The highest BCUT2D eigenvalue weighted by atomic mass is 16.1. The van der Waals surface area contributed by atoms with Crippen molar-refractivity contribution in [2.45, 2.75) is 25.3 Å². The maximum absolute atomic E-state index is 11.0. The Kier molecular flexibility index (Phi) is 5.82. The first-order valence-electron chi connectivity index (χ1n) is 4.17. The number of guanidine groups is 1. The number of amides is 1. The maximum Gasteiger partial charge on any atom is 0.265 e. The number of rotatable bonds is 5. The number of nitrogens with zero attached hydrogens (tertiary/aromatic N) is 1. The van der Waals surface area contributed by atoms with Crippen LogP contribution in [0.2, 0.25) is 0 Å². The molecule has 0 aliphatic rings. The van der Waals surface area contributed by atoms with E-state index in [1.165, 1.54) is 0 Å². The molecule has 0 radical (unpaired) electrons. The van der Waals surface area contributed by atoms with Crippen LogP contribution in [-0.2, 0) is 4.79 Å². The first-order valence-corrected chi connectivity index (χ1v) is 4.17. The van der Waals surface area contributed by atoms with E-state index in [2.05, 4.69) is 4.99 Å². The van der Waals surface area contributed by atoms with E-state index in [-0.39, 0.29) is 5.96 Å². The Bertz CT molecular complexity index is 187. The molecule has 6 nitrogen and oxygen atoms in total. The summed E-state index contributed by atoms with van der Waals surface area (Å²) >= 11 is 0. The highest BCUT2D eigenvalue weighted by Crippen LogP contribution is 1.99. The molecular formula is C7H17N5O. The van der Waals surface area contributed by atoms with E-state index in [4.69, 9.17) is 22.9 Å². The van der Waals surface area contributed by atoms with Crippen LogP contribution in [0.25, 0.3) is 0 Å². The average molecular weight is 187 g/mol. The number of unbranched alkanes of at least 4 members (excludes halogenated alkanes) is 1. The first-order chi connectivity index (χ1) is 6.07. The summed E-state index contributed by atoms with van der Waals surface area (Å²) in [6, 6.07) is -0.617. The van der Waals surface area contributed by atoms with Crippen molar-refractivity contribution < 1.29 is 4.79 Å². The lowest BCUT2D eigenvalue weighted by molar-refractivity contribution is -0.119. The van der Waals surface area contributed by atoms with Crippen LogP contribution in [0.15, 0.2) is 4.99 Å². The van der Waals surface area contributed by atoms with E-state index in [0.717, 1.165) is 12.8 Å². The van der Waals surface area contributed by atoms with E-state index < -0.39 is 11.9 Å². The zero-order valence-electron chi connectivity index (χ0n) is 7.57. The van der Waals surface area contributed by atoms with Crippen LogP contribution < -0.4 is 22.9 Å². The molecule has 0 unspecified atom stereocenters. The molecule has 6 heteroatoms. The fraction of sp³-hybridized carbons (Fsp3) is 0.714. The largest absolute Gasteiger partial charge is 0.370 e. The van der Waals surface area contributed by atoms with Crippen LogP contribution >= 0.6 is 0 Å². The Hall–Kier alpha value is -1.14. The number of carbonyl (C=O) groups excluding carboxylic acids is 1. The average Bonchev–Trinajstić information content (AvgIpc) is 2.03. The highest BCUT2D eigenvalue weighted by molar-refractivity contribution is 5.94. The lowest BCUT2D eigenvalue weighted by Crippen LogP contribution is -2.33. The standard InChI is InChI=1S/C7H17N5O/c8-4-2-1-3-5(9)6(13)12-7(10)11/h5H,1-4,8-9H2,(H4,10,11,12,13)/t5-/m0/s1. The van der Waals surface area contributed by atoms with Crippen LogP contribution in [0.1, 0.15) is 19.3 Å². The van der Waals surface area contributed by atoms with Gasteiger partial charge < -0.3 is 22.9 Å². The Labute approximate surface area is 77.3 Å². The van der Waals surface area contributed by atoms with E-state index in [0.29, 0.717) is 13.0 Å². The Morgan fingerprint density at radius 2 is 1.92 bits per heavy atom. The second-order valence-electron chi connectivity index (χ2n) is 2.77. The van der Waals surface area contributed by atoms with Crippen LogP contribution in [0.5, 0.6) is 0 Å². The van der Waals surface area contributed by atoms with Crippen molar-refractivity contribution in [3.63, 3.8) is 0 Å². The smallest absolute Gasteiger partial charge is 0.265 e. The Morgan fingerprint density at radius 3 is 2.38 bits per heavy atom. The van der Waals surface area contributed by atoms with Crippen molar-refractivity contribution in [1.29, 1.82) is 0 Å². The summed E-state index contributed by atoms with van der Waals surface area (Å²) in [6.07, 6.45) is 2.22. The van der Waals surface area contributed by atoms with Gasteiger partial charge in [0.25, 0.3) is 5.91 Å². The fourth-order valence-electron chi connectivity index (χ4n) is 0.842. The molecule has 0 aliphatic carbocycles. The van der Waals surface area contributed by atoms with Gasteiger partial charge in [-0.15, -0.1) is 0 Å². The van der Waals surface area contributed by atoms with Gasteiger partial charge in [-0.1, -0.05) is 6.42 Å². The molecule has 0 aromatic carbocycles. The number of hydrogen-bond donors (Lipinski definition) is 4. The molecule has 0 aliphatic heterocycles. The van der Waals surface area contributed by atoms with Crippen LogP contribution in [0.4, 0.5) is 0 Å². The number of hydrogen-bond acceptors (Lipinski definition) is 3. The summed E-state index contributed by atoms with van der Waals surface area (Å²) in [5.41, 5.74) is 20.8. The normalized spacial score (nSPS) is 12.2. The minimum absolute atomic E-state index is 0.251. The first kappa shape index (κ1) is 11.9. The van der Waals surface area contributed by atoms with Gasteiger partial charge in [0, 0.05) is 0 Å².